The Labute approximate surface area is 215 Å². The van der Waals surface area contributed by atoms with Gasteiger partial charge in [-0.3, -0.25) is 0 Å². The zero-order valence-corrected chi connectivity index (χ0v) is 20.8. The van der Waals surface area contributed by atoms with Crippen LogP contribution in [0.5, 0.6) is 11.5 Å². The summed E-state index contributed by atoms with van der Waals surface area (Å²) in [5.41, 5.74) is 4.62. The predicted molar refractivity (Wildman–Crippen MR) is 143 cm³/mol. The van der Waals surface area contributed by atoms with Crippen LogP contribution in [0.4, 0.5) is 17.1 Å². The number of hydrogen-bond donors (Lipinski definition) is 1. The Morgan fingerprint density at radius 1 is 0.806 bits per heavy atom. The van der Waals surface area contributed by atoms with Gasteiger partial charge in [0.25, 0.3) is 0 Å². The van der Waals surface area contributed by atoms with Gasteiger partial charge in [-0.25, -0.2) is 4.79 Å². The lowest BCUT2D eigenvalue weighted by Crippen LogP contribution is -2.33. The molecule has 0 fully saturated rings. The molecule has 0 aliphatic carbocycles. The smallest absolute Gasteiger partial charge is 0.340 e. The Hall–Kier alpha value is -3.96. The van der Waals surface area contributed by atoms with Gasteiger partial charge >= 0.3 is 5.97 Å². The first-order valence-corrected chi connectivity index (χ1v) is 12.5. The molecule has 2 heterocycles. The van der Waals surface area contributed by atoms with Crippen molar-refractivity contribution in [2.45, 2.75) is 19.4 Å². The zero-order chi connectivity index (χ0) is 24.9. The number of anilines is 3. The average molecular weight is 497 g/mol. The number of fused-ring (bicyclic) bond motifs is 6. The second-order valence-corrected chi connectivity index (χ2v) is 9.35. The van der Waals surface area contributed by atoms with Gasteiger partial charge < -0.3 is 19.7 Å². The molecule has 0 amide bonds. The lowest BCUT2D eigenvalue weighted by molar-refractivity contribution is 0.0224. The molecule has 0 saturated carbocycles. The standard InChI is InChI=1S/C30H25ClN2O3/c1-3-33(4-2)22-13-14-25-28(18-22)35-27-15-12-21(32-20-9-7-8-19(31)16-20)17-26(27)30(25)24-11-6-5-10-23(24)29(34)36-30/h5-18,32H,3-4H2,1-2H3/t30-/m1/s1. The minimum absolute atomic E-state index is 0.342. The number of rotatable bonds is 5. The van der Waals surface area contributed by atoms with E-state index in [1.54, 1.807) is 0 Å². The Morgan fingerprint density at radius 3 is 2.42 bits per heavy atom. The van der Waals surface area contributed by atoms with Crippen molar-refractivity contribution in [3.8, 4) is 11.5 Å². The summed E-state index contributed by atoms with van der Waals surface area (Å²) in [5.74, 6) is 0.998. The summed E-state index contributed by atoms with van der Waals surface area (Å²) in [6, 6.07) is 27.1. The van der Waals surface area contributed by atoms with Gasteiger partial charge in [-0.05, 0) is 68.4 Å². The van der Waals surface area contributed by atoms with Gasteiger partial charge in [-0.1, -0.05) is 35.9 Å². The molecular formula is C30H25ClN2O3. The summed E-state index contributed by atoms with van der Waals surface area (Å²) >= 11 is 6.19. The number of carbonyl (C=O) groups is 1. The number of esters is 1. The van der Waals surface area contributed by atoms with Crippen LogP contribution in [0.2, 0.25) is 5.02 Å². The van der Waals surface area contributed by atoms with E-state index in [0.717, 1.165) is 46.8 Å². The fraction of sp³-hybridized carbons (Fsp3) is 0.167. The maximum atomic E-state index is 13.1. The number of ether oxygens (including phenoxy) is 2. The van der Waals surface area contributed by atoms with Crippen LogP contribution in [-0.4, -0.2) is 19.1 Å². The topological polar surface area (TPSA) is 50.8 Å². The van der Waals surface area contributed by atoms with E-state index in [0.29, 0.717) is 22.1 Å². The minimum Gasteiger partial charge on any atom is -0.456 e. The van der Waals surface area contributed by atoms with Gasteiger partial charge in [0.05, 0.1) is 5.56 Å². The van der Waals surface area contributed by atoms with Crippen LogP contribution in [-0.2, 0) is 10.3 Å². The largest absolute Gasteiger partial charge is 0.456 e. The van der Waals surface area contributed by atoms with E-state index in [4.69, 9.17) is 21.1 Å². The van der Waals surface area contributed by atoms with Gasteiger partial charge in [0.2, 0.25) is 0 Å². The van der Waals surface area contributed by atoms with Crippen molar-refractivity contribution in [2.75, 3.05) is 23.3 Å². The van der Waals surface area contributed by atoms with Crippen molar-refractivity contribution in [1.29, 1.82) is 0 Å². The molecule has 2 aliphatic heterocycles. The molecule has 2 aliphatic rings. The van der Waals surface area contributed by atoms with Crippen molar-refractivity contribution in [2.24, 2.45) is 0 Å². The molecule has 0 saturated heterocycles. The summed E-state index contributed by atoms with van der Waals surface area (Å²) in [7, 11) is 0. The van der Waals surface area contributed by atoms with Crippen molar-refractivity contribution >= 4 is 34.6 Å². The van der Waals surface area contributed by atoms with Crippen LogP contribution in [0.3, 0.4) is 0 Å². The third-order valence-electron chi connectivity index (χ3n) is 6.94. The van der Waals surface area contributed by atoms with Gasteiger partial charge in [-0.2, -0.15) is 0 Å². The molecule has 0 aromatic heterocycles. The summed E-state index contributed by atoms with van der Waals surface area (Å²) in [6.45, 7) is 6.02. The number of nitrogens with one attached hydrogen (secondary N) is 1. The first-order chi connectivity index (χ1) is 17.5. The van der Waals surface area contributed by atoms with Crippen LogP contribution >= 0.6 is 11.6 Å². The molecule has 4 aromatic rings. The van der Waals surface area contributed by atoms with Gasteiger partial charge in [0.15, 0.2) is 5.60 Å². The Balaban J connectivity index is 1.54. The number of nitrogens with zero attached hydrogens (tertiary/aromatic N) is 1. The molecule has 1 N–H and O–H groups in total. The van der Waals surface area contributed by atoms with E-state index in [1.807, 2.05) is 78.9 Å². The van der Waals surface area contributed by atoms with E-state index in [2.05, 4.69) is 30.1 Å². The highest BCUT2D eigenvalue weighted by molar-refractivity contribution is 6.30. The molecule has 6 heteroatoms. The Kier molecular flexibility index (Phi) is 5.38. The highest BCUT2D eigenvalue weighted by Crippen LogP contribution is 2.57. The number of carbonyl (C=O) groups excluding carboxylic acids is 1. The van der Waals surface area contributed by atoms with Gasteiger partial charge in [-0.15, -0.1) is 0 Å². The lowest BCUT2D eigenvalue weighted by atomic mass is 9.77. The molecule has 6 rings (SSSR count). The fourth-order valence-corrected chi connectivity index (χ4v) is 5.45. The molecule has 1 spiro atoms. The molecule has 36 heavy (non-hydrogen) atoms. The van der Waals surface area contributed by atoms with E-state index in [-0.39, 0.29) is 5.97 Å². The number of benzene rings is 4. The molecule has 180 valence electrons. The molecule has 0 bridgehead atoms. The third-order valence-corrected chi connectivity index (χ3v) is 7.17. The van der Waals surface area contributed by atoms with E-state index < -0.39 is 5.60 Å². The Bertz CT molecular complexity index is 1500. The minimum atomic E-state index is -1.11. The first kappa shape index (κ1) is 22.5. The SMILES string of the molecule is CCN(CC)c1ccc2c(c1)Oc1ccc(Nc3cccc(Cl)c3)cc1[C@]21OC(=O)c2ccccc21. The number of halogens is 1. The predicted octanol–water partition coefficient (Wildman–Crippen LogP) is 7.50. The van der Waals surface area contributed by atoms with Crippen LogP contribution in [0.1, 0.15) is 40.9 Å². The monoisotopic (exact) mass is 496 g/mol. The first-order valence-electron chi connectivity index (χ1n) is 12.1. The van der Waals surface area contributed by atoms with Crippen LogP contribution in [0.25, 0.3) is 0 Å². The van der Waals surface area contributed by atoms with Crippen LogP contribution in [0, 0.1) is 0 Å². The molecule has 1 atom stereocenters. The van der Waals surface area contributed by atoms with Crippen molar-refractivity contribution in [3.05, 3.63) is 112 Å². The normalized spacial score (nSPS) is 17.0. The second kappa shape index (κ2) is 8.61. The number of hydrogen-bond acceptors (Lipinski definition) is 5. The fourth-order valence-electron chi connectivity index (χ4n) is 5.26. The average Bonchev–Trinajstić information content (AvgIpc) is 3.18. The van der Waals surface area contributed by atoms with Crippen molar-refractivity contribution < 1.29 is 14.3 Å². The van der Waals surface area contributed by atoms with Crippen molar-refractivity contribution in [1.82, 2.24) is 0 Å². The van der Waals surface area contributed by atoms with Gasteiger partial charge in [0.1, 0.15) is 11.5 Å². The Morgan fingerprint density at radius 2 is 1.61 bits per heavy atom. The van der Waals surface area contributed by atoms with Crippen molar-refractivity contribution in [3.63, 3.8) is 0 Å². The molecule has 0 radical (unpaired) electrons. The highest BCUT2D eigenvalue weighted by Gasteiger charge is 2.53. The zero-order valence-electron chi connectivity index (χ0n) is 20.0. The second-order valence-electron chi connectivity index (χ2n) is 8.92. The van der Waals surface area contributed by atoms with Crippen LogP contribution < -0.4 is 15.0 Å². The maximum Gasteiger partial charge on any atom is 0.340 e. The van der Waals surface area contributed by atoms with Gasteiger partial charge in [0, 0.05) is 57.9 Å². The molecule has 0 unspecified atom stereocenters. The third kappa shape index (κ3) is 3.42. The van der Waals surface area contributed by atoms with Crippen LogP contribution in [0.15, 0.2) is 84.9 Å². The summed E-state index contributed by atoms with van der Waals surface area (Å²) in [6.07, 6.45) is 0. The molecule has 4 aromatic carbocycles. The molecule has 5 nitrogen and oxygen atoms in total. The highest BCUT2D eigenvalue weighted by atomic mass is 35.5. The lowest BCUT2D eigenvalue weighted by Gasteiger charge is -2.37. The summed E-state index contributed by atoms with van der Waals surface area (Å²) in [4.78, 5) is 15.4. The van der Waals surface area contributed by atoms with E-state index in [9.17, 15) is 4.79 Å². The molecular weight excluding hydrogens is 472 g/mol. The maximum absolute atomic E-state index is 13.1. The summed E-state index contributed by atoms with van der Waals surface area (Å²) < 4.78 is 12.8. The summed E-state index contributed by atoms with van der Waals surface area (Å²) in [5, 5.41) is 4.06. The quantitative estimate of drug-likeness (QED) is 0.290. The van der Waals surface area contributed by atoms with E-state index in [1.165, 1.54) is 0 Å². The van der Waals surface area contributed by atoms with E-state index >= 15 is 0 Å².